The highest BCUT2D eigenvalue weighted by Crippen LogP contribution is 2.32. The topological polar surface area (TPSA) is 52.6 Å². The summed E-state index contributed by atoms with van der Waals surface area (Å²) in [4.78, 5) is 24.1. The molecule has 1 aliphatic heterocycles. The van der Waals surface area contributed by atoms with Crippen molar-refractivity contribution in [2.24, 2.45) is 0 Å². The molecule has 0 spiro atoms. The van der Waals surface area contributed by atoms with Crippen LogP contribution in [0.2, 0.25) is 10.0 Å². The Bertz CT molecular complexity index is 588. The Morgan fingerprint density at radius 3 is 2.30 bits per heavy atom. The molecule has 7 heteroatoms. The van der Waals surface area contributed by atoms with Gasteiger partial charge in [0.2, 0.25) is 0 Å². The number of benzene rings is 1. The molecule has 0 aliphatic carbocycles. The molecule has 0 aromatic heterocycles. The Morgan fingerprint density at radius 1 is 1.15 bits per heavy atom. The largest absolute Gasteiger partial charge is 0.419 e. The lowest BCUT2D eigenvalue weighted by atomic mass is 10.2. The Hall–Kier alpha value is -1.17. The third kappa shape index (κ3) is 3.48. The summed E-state index contributed by atoms with van der Waals surface area (Å²) < 4.78 is 9.95. The first-order valence-electron chi connectivity index (χ1n) is 5.57. The number of halogens is 2. The van der Waals surface area contributed by atoms with Crippen LogP contribution < -0.4 is 0 Å². The average Bonchev–Trinajstić information content (AvgIpc) is 2.28. The molecule has 0 unspecified atom stereocenters. The van der Waals surface area contributed by atoms with Gasteiger partial charge in [0.15, 0.2) is 5.57 Å². The molecular weight excluding hydrogens is 323 g/mol. The summed E-state index contributed by atoms with van der Waals surface area (Å²) in [5.41, 5.74) is -0.166. The van der Waals surface area contributed by atoms with Crippen molar-refractivity contribution in [3.05, 3.63) is 39.2 Å². The van der Waals surface area contributed by atoms with E-state index in [0.717, 1.165) is 11.8 Å². The average molecular weight is 333 g/mol. The Morgan fingerprint density at radius 2 is 1.75 bits per heavy atom. The monoisotopic (exact) mass is 332 g/mol. The molecule has 4 nitrogen and oxygen atoms in total. The minimum atomic E-state index is -1.24. The van der Waals surface area contributed by atoms with Gasteiger partial charge in [-0.25, -0.2) is 9.59 Å². The molecule has 0 N–H and O–H groups in total. The molecule has 1 aromatic rings. The van der Waals surface area contributed by atoms with Gasteiger partial charge in [0.05, 0.1) is 5.02 Å². The zero-order valence-corrected chi connectivity index (χ0v) is 12.9. The molecule has 1 heterocycles. The van der Waals surface area contributed by atoms with Crippen molar-refractivity contribution in [2.75, 3.05) is 0 Å². The summed E-state index contributed by atoms with van der Waals surface area (Å²) in [7, 11) is 0. The normalized spacial score (nSPS) is 17.5. The number of carbonyl (C=O) groups excluding carboxylic acids is 2. The zero-order valence-electron chi connectivity index (χ0n) is 10.6. The van der Waals surface area contributed by atoms with Crippen LogP contribution in [0.1, 0.15) is 13.8 Å². The van der Waals surface area contributed by atoms with E-state index < -0.39 is 17.7 Å². The molecule has 1 saturated heterocycles. The molecule has 0 bridgehead atoms. The van der Waals surface area contributed by atoms with E-state index in [2.05, 4.69) is 0 Å². The minimum Gasteiger partial charge on any atom is -0.419 e. The van der Waals surface area contributed by atoms with E-state index in [0.29, 0.717) is 14.9 Å². The highest BCUT2D eigenvalue weighted by atomic mass is 35.5. The van der Waals surface area contributed by atoms with Crippen LogP contribution in [0.25, 0.3) is 0 Å². The van der Waals surface area contributed by atoms with Crippen molar-refractivity contribution in [3.8, 4) is 0 Å². The van der Waals surface area contributed by atoms with Gasteiger partial charge >= 0.3 is 11.9 Å². The fourth-order valence-electron chi connectivity index (χ4n) is 1.45. The number of hydrogen-bond donors (Lipinski definition) is 0. The molecule has 1 fully saturated rings. The van der Waals surface area contributed by atoms with Crippen molar-refractivity contribution in [1.29, 1.82) is 0 Å². The molecule has 0 atom stereocenters. The lowest BCUT2D eigenvalue weighted by Crippen LogP contribution is -2.41. The second-order valence-corrected chi connectivity index (χ2v) is 6.16. The second kappa shape index (κ2) is 5.68. The molecule has 1 aromatic carbocycles. The fourth-order valence-corrected chi connectivity index (χ4v) is 2.75. The van der Waals surface area contributed by atoms with Crippen molar-refractivity contribution in [3.63, 3.8) is 0 Å². The lowest BCUT2D eigenvalue weighted by molar-refractivity contribution is -0.222. The predicted octanol–water partition coefficient (Wildman–Crippen LogP) is 3.81. The number of thioether (sulfide) groups is 1. The lowest BCUT2D eigenvalue weighted by Gasteiger charge is -2.29. The quantitative estimate of drug-likeness (QED) is 0.357. The third-order valence-electron chi connectivity index (χ3n) is 2.31. The fraction of sp³-hybridized carbons (Fsp3) is 0.231. The van der Waals surface area contributed by atoms with Crippen molar-refractivity contribution >= 4 is 46.9 Å². The molecular formula is C13H10Cl2O4S. The smallest absolute Gasteiger partial charge is 0.349 e. The SMILES string of the molecule is CC1(C)OC(=O)C(=CSc2ccc(Cl)cc2Cl)C(=O)O1. The Balaban J connectivity index is 2.19. The molecule has 0 radical (unpaired) electrons. The van der Waals surface area contributed by atoms with Gasteiger partial charge in [-0.3, -0.25) is 0 Å². The van der Waals surface area contributed by atoms with Gasteiger partial charge in [0.1, 0.15) is 0 Å². The van der Waals surface area contributed by atoms with E-state index in [1.807, 2.05) is 0 Å². The number of hydrogen-bond acceptors (Lipinski definition) is 5. The minimum absolute atomic E-state index is 0.166. The Labute approximate surface area is 130 Å². The number of cyclic esters (lactones) is 2. The maximum Gasteiger partial charge on any atom is 0.349 e. The van der Waals surface area contributed by atoms with Gasteiger partial charge < -0.3 is 9.47 Å². The van der Waals surface area contributed by atoms with E-state index >= 15 is 0 Å². The van der Waals surface area contributed by atoms with E-state index in [1.54, 1.807) is 18.2 Å². The van der Waals surface area contributed by atoms with Crippen LogP contribution >= 0.6 is 35.0 Å². The maximum atomic E-state index is 11.7. The summed E-state index contributed by atoms with van der Waals surface area (Å²) >= 11 is 12.9. The van der Waals surface area contributed by atoms with Gasteiger partial charge in [0.25, 0.3) is 5.79 Å². The van der Waals surface area contributed by atoms with E-state index in [9.17, 15) is 9.59 Å². The first-order chi connectivity index (χ1) is 9.28. The predicted molar refractivity (Wildman–Crippen MR) is 76.7 cm³/mol. The zero-order chi connectivity index (χ0) is 14.9. The standard InChI is InChI=1S/C13H10Cl2O4S/c1-13(2)18-11(16)8(12(17)19-13)6-20-10-4-3-7(14)5-9(10)15/h3-6H,1-2H3. The number of carbonyl (C=O) groups is 2. The van der Waals surface area contributed by atoms with Crippen LogP contribution in [0.3, 0.4) is 0 Å². The Kier molecular flexibility index (Phi) is 4.32. The summed E-state index contributed by atoms with van der Waals surface area (Å²) in [5.74, 6) is -2.68. The molecule has 2 rings (SSSR count). The van der Waals surface area contributed by atoms with Gasteiger partial charge in [0, 0.05) is 23.8 Å². The first kappa shape index (κ1) is 15.2. The van der Waals surface area contributed by atoms with Crippen LogP contribution in [0.4, 0.5) is 0 Å². The molecule has 0 amide bonds. The highest BCUT2D eigenvalue weighted by molar-refractivity contribution is 8.02. The second-order valence-electron chi connectivity index (χ2n) is 4.40. The van der Waals surface area contributed by atoms with Crippen molar-refractivity contribution < 1.29 is 19.1 Å². The molecule has 1 aliphatic rings. The van der Waals surface area contributed by atoms with Crippen LogP contribution in [-0.2, 0) is 19.1 Å². The first-order valence-corrected chi connectivity index (χ1v) is 7.20. The maximum absolute atomic E-state index is 11.7. The van der Waals surface area contributed by atoms with E-state index in [-0.39, 0.29) is 5.57 Å². The van der Waals surface area contributed by atoms with Gasteiger partial charge in [-0.15, -0.1) is 0 Å². The van der Waals surface area contributed by atoms with Crippen LogP contribution in [0, 0.1) is 0 Å². The highest BCUT2D eigenvalue weighted by Gasteiger charge is 2.38. The van der Waals surface area contributed by atoms with Crippen molar-refractivity contribution in [1.82, 2.24) is 0 Å². The van der Waals surface area contributed by atoms with Crippen LogP contribution in [0.15, 0.2) is 34.1 Å². The van der Waals surface area contributed by atoms with Gasteiger partial charge in [-0.2, -0.15) is 0 Å². The summed E-state index contributed by atoms with van der Waals surface area (Å²) in [6, 6.07) is 4.93. The van der Waals surface area contributed by atoms with Gasteiger partial charge in [-0.05, 0) is 23.6 Å². The molecule has 0 saturated carbocycles. The van der Waals surface area contributed by atoms with Crippen molar-refractivity contribution in [2.45, 2.75) is 24.5 Å². The number of ether oxygens (including phenoxy) is 2. The molecule has 106 valence electrons. The summed E-state index contributed by atoms with van der Waals surface area (Å²) in [6.07, 6.45) is 0. The molecule has 20 heavy (non-hydrogen) atoms. The van der Waals surface area contributed by atoms with Gasteiger partial charge in [-0.1, -0.05) is 35.0 Å². The number of rotatable bonds is 2. The van der Waals surface area contributed by atoms with E-state index in [4.69, 9.17) is 32.7 Å². The summed E-state index contributed by atoms with van der Waals surface area (Å²) in [5, 5.41) is 2.29. The van der Waals surface area contributed by atoms with Crippen LogP contribution in [-0.4, -0.2) is 17.7 Å². The van der Waals surface area contributed by atoms with Crippen LogP contribution in [0.5, 0.6) is 0 Å². The summed E-state index contributed by atoms with van der Waals surface area (Å²) in [6.45, 7) is 2.98. The third-order valence-corrected chi connectivity index (χ3v) is 3.94. The number of esters is 2. The van der Waals surface area contributed by atoms with E-state index in [1.165, 1.54) is 19.3 Å².